The summed E-state index contributed by atoms with van der Waals surface area (Å²) in [5.74, 6) is 0.993. The van der Waals surface area contributed by atoms with Crippen LogP contribution in [0.4, 0.5) is 0 Å². The molecule has 1 fully saturated rings. The van der Waals surface area contributed by atoms with E-state index in [1.807, 2.05) is 6.07 Å². The molecule has 0 aliphatic carbocycles. The van der Waals surface area contributed by atoms with Gasteiger partial charge in [-0.2, -0.15) is 0 Å². The highest BCUT2D eigenvalue weighted by atomic mass is 16.5. The number of phenols is 1. The lowest BCUT2D eigenvalue weighted by Gasteiger charge is -2.43. The van der Waals surface area contributed by atoms with Gasteiger partial charge >= 0.3 is 0 Å². The normalized spacial score (nSPS) is 26.3. The third-order valence-electron chi connectivity index (χ3n) is 3.83. The molecule has 1 spiro atoms. The second kappa shape index (κ2) is 3.89. The van der Waals surface area contributed by atoms with Crippen LogP contribution < -0.4 is 15.8 Å². The lowest BCUT2D eigenvalue weighted by molar-refractivity contribution is 0.00775. The summed E-state index contributed by atoms with van der Waals surface area (Å²) in [6, 6.07) is 5.22. The summed E-state index contributed by atoms with van der Waals surface area (Å²) >= 11 is 0. The number of piperidine rings is 1. The van der Waals surface area contributed by atoms with E-state index in [0.717, 1.165) is 43.7 Å². The van der Waals surface area contributed by atoms with E-state index in [1.54, 1.807) is 12.1 Å². The minimum atomic E-state index is -0.133. The van der Waals surface area contributed by atoms with Gasteiger partial charge in [0, 0.05) is 24.1 Å². The number of fused-ring (bicyclic) bond motifs is 1. The summed E-state index contributed by atoms with van der Waals surface area (Å²) in [6.45, 7) is 1.95. The maximum Gasteiger partial charge on any atom is 0.128 e. The minimum Gasteiger partial charge on any atom is -0.508 e. The third-order valence-corrected chi connectivity index (χ3v) is 3.83. The maximum atomic E-state index is 9.53. The number of aromatic hydroxyl groups is 1. The number of phenolic OH excluding ortho intramolecular Hbond substituents is 1. The molecule has 3 rings (SSSR count). The summed E-state index contributed by atoms with van der Waals surface area (Å²) in [6.07, 6.45) is 2.83. The summed E-state index contributed by atoms with van der Waals surface area (Å²) in [5.41, 5.74) is 7.09. The number of hydrogen-bond acceptors (Lipinski definition) is 4. The van der Waals surface area contributed by atoms with Crippen molar-refractivity contribution in [3.63, 3.8) is 0 Å². The van der Waals surface area contributed by atoms with Crippen LogP contribution in [0.5, 0.6) is 11.5 Å². The number of hydrogen-bond donors (Lipinski definition) is 3. The highest BCUT2D eigenvalue weighted by molar-refractivity contribution is 5.44. The maximum absolute atomic E-state index is 9.53. The molecule has 1 saturated heterocycles. The fourth-order valence-corrected chi connectivity index (χ4v) is 2.89. The molecule has 4 N–H and O–H groups in total. The number of benzene rings is 1. The van der Waals surface area contributed by atoms with Gasteiger partial charge in [-0.05, 0) is 32.0 Å². The summed E-state index contributed by atoms with van der Waals surface area (Å²) in [4.78, 5) is 0. The molecule has 1 aromatic carbocycles. The monoisotopic (exact) mass is 234 g/mol. The van der Waals surface area contributed by atoms with Crippen molar-refractivity contribution < 1.29 is 9.84 Å². The summed E-state index contributed by atoms with van der Waals surface area (Å²) in [5, 5.41) is 12.9. The van der Waals surface area contributed by atoms with E-state index in [0.29, 0.717) is 0 Å². The van der Waals surface area contributed by atoms with Gasteiger partial charge in [0.2, 0.25) is 0 Å². The molecule has 92 valence electrons. The molecule has 4 heteroatoms. The van der Waals surface area contributed by atoms with Crippen LogP contribution in [0.3, 0.4) is 0 Å². The highest BCUT2D eigenvalue weighted by Gasteiger charge is 2.40. The lowest BCUT2D eigenvalue weighted by Crippen LogP contribution is -2.50. The van der Waals surface area contributed by atoms with Crippen LogP contribution in [0.25, 0.3) is 0 Å². The van der Waals surface area contributed by atoms with E-state index in [2.05, 4.69) is 5.32 Å². The summed E-state index contributed by atoms with van der Waals surface area (Å²) in [7, 11) is 0. The standard InChI is InChI=1S/C13H18N2O2/c14-11-8-13(3-5-15-6-4-13)17-12-7-9(16)1-2-10(11)12/h1-2,7,11,15-16H,3-6,8,14H2. The molecule has 17 heavy (non-hydrogen) atoms. The topological polar surface area (TPSA) is 67.5 Å². The molecule has 2 aliphatic heterocycles. The number of nitrogens with one attached hydrogen (secondary N) is 1. The molecule has 0 bridgehead atoms. The van der Waals surface area contributed by atoms with E-state index < -0.39 is 0 Å². The zero-order chi connectivity index (χ0) is 11.9. The quantitative estimate of drug-likeness (QED) is 0.633. The third kappa shape index (κ3) is 1.87. The predicted octanol–water partition coefficient (Wildman–Crippen LogP) is 1.30. The fourth-order valence-electron chi connectivity index (χ4n) is 2.89. The second-order valence-electron chi connectivity index (χ2n) is 5.07. The number of nitrogens with two attached hydrogens (primary N) is 1. The second-order valence-corrected chi connectivity index (χ2v) is 5.07. The van der Waals surface area contributed by atoms with Gasteiger partial charge in [0.05, 0.1) is 0 Å². The van der Waals surface area contributed by atoms with E-state index >= 15 is 0 Å². The number of ether oxygens (including phenoxy) is 1. The molecule has 1 unspecified atom stereocenters. The Morgan fingerprint density at radius 1 is 1.35 bits per heavy atom. The molecule has 0 radical (unpaired) electrons. The minimum absolute atomic E-state index is 0.0115. The molecule has 2 heterocycles. The van der Waals surface area contributed by atoms with Crippen LogP contribution in [0.1, 0.15) is 30.9 Å². The van der Waals surface area contributed by atoms with Crippen LogP contribution in [0.2, 0.25) is 0 Å². The first-order chi connectivity index (χ1) is 8.19. The average molecular weight is 234 g/mol. The largest absolute Gasteiger partial charge is 0.508 e. The van der Waals surface area contributed by atoms with Crippen molar-refractivity contribution >= 4 is 0 Å². The van der Waals surface area contributed by atoms with Crippen LogP contribution >= 0.6 is 0 Å². The molecule has 1 atom stereocenters. The zero-order valence-electron chi connectivity index (χ0n) is 9.78. The van der Waals surface area contributed by atoms with E-state index in [1.165, 1.54) is 0 Å². The van der Waals surface area contributed by atoms with Crippen molar-refractivity contribution in [2.24, 2.45) is 5.73 Å². The van der Waals surface area contributed by atoms with Gasteiger partial charge in [-0.3, -0.25) is 0 Å². The Hall–Kier alpha value is -1.26. The predicted molar refractivity (Wildman–Crippen MR) is 65.1 cm³/mol. The molecule has 0 saturated carbocycles. The molecule has 0 amide bonds. The zero-order valence-corrected chi connectivity index (χ0v) is 9.78. The van der Waals surface area contributed by atoms with Gasteiger partial charge in [0.15, 0.2) is 0 Å². The van der Waals surface area contributed by atoms with Crippen molar-refractivity contribution in [3.05, 3.63) is 23.8 Å². The SMILES string of the molecule is NC1CC2(CCNCC2)Oc2cc(O)ccc21. The van der Waals surface area contributed by atoms with Crippen LogP contribution in [0, 0.1) is 0 Å². The first-order valence-corrected chi connectivity index (χ1v) is 6.17. The van der Waals surface area contributed by atoms with Crippen LogP contribution in [-0.2, 0) is 0 Å². The molecule has 4 nitrogen and oxygen atoms in total. The van der Waals surface area contributed by atoms with Crippen molar-refractivity contribution in [1.82, 2.24) is 5.32 Å². The molecular formula is C13H18N2O2. The summed E-state index contributed by atoms with van der Waals surface area (Å²) < 4.78 is 6.13. The first kappa shape index (κ1) is 10.9. The molecule has 2 aliphatic rings. The molecule has 0 aromatic heterocycles. The van der Waals surface area contributed by atoms with Crippen molar-refractivity contribution in [2.75, 3.05) is 13.1 Å². The van der Waals surface area contributed by atoms with Gasteiger partial charge in [0.1, 0.15) is 17.1 Å². The van der Waals surface area contributed by atoms with Gasteiger partial charge in [0.25, 0.3) is 0 Å². The molecular weight excluding hydrogens is 216 g/mol. The number of rotatable bonds is 0. The lowest BCUT2D eigenvalue weighted by atomic mass is 9.81. The fraction of sp³-hybridized carbons (Fsp3) is 0.538. The van der Waals surface area contributed by atoms with Gasteiger partial charge in [-0.1, -0.05) is 6.07 Å². The van der Waals surface area contributed by atoms with Crippen molar-refractivity contribution in [2.45, 2.75) is 30.9 Å². The van der Waals surface area contributed by atoms with E-state index in [9.17, 15) is 5.11 Å². The Morgan fingerprint density at radius 2 is 2.12 bits per heavy atom. The molecule has 1 aromatic rings. The Labute approximate surface area is 101 Å². The smallest absolute Gasteiger partial charge is 0.128 e. The van der Waals surface area contributed by atoms with Crippen molar-refractivity contribution in [3.8, 4) is 11.5 Å². The Balaban J connectivity index is 1.95. The van der Waals surface area contributed by atoms with Crippen LogP contribution in [0.15, 0.2) is 18.2 Å². The van der Waals surface area contributed by atoms with Crippen molar-refractivity contribution in [1.29, 1.82) is 0 Å². The Kier molecular flexibility index (Phi) is 2.49. The Bertz CT molecular complexity index is 427. The first-order valence-electron chi connectivity index (χ1n) is 6.17. The van der Waals surface area contributed by atoms with Gasteiger partial charge in [-0.25, -0.2) is 0 Å². The Morgan fingerprint density at radius 3 is 2.88 bits per heavy atom. The van der Waals surface area contributed by atoms with Gasteiger partial charge < -0.3 is 20.9 Å². The van der Waals surface area contributed by atoms with Crippen LogP contribution in [-0.4, -0.2) is 23.8 Å². The van der Waals surface area contributed by atoms with E-state index in [4.69, 9.17) is 10.5 Å². The van der Waals surface area contributed by atoms with E-state index in [-0.39, 0.29) is 17.4 Å². The average Bonchev–Trinajstić information content (AvgIpc) is 2.29. The van der Waals surface area contributed by atoms with Gasteiger partial charge in [-0.15, -0.1) is 0 Å². The highest BCUT2D eigenvalue weighted by Crippen LogP contribution is 2.43.